The lowest BCUT2D eigenvalue weighted by atomic mass is 10.1. The molecule has 1 amide bonds. The van der Waals surface area contributed by atoms with Crippen molar-refractivity contribution in [3.63, 3.8) is 0 Å². The number of hydrogen-bond acceptors (Lipinski definition) is 6. The van der Waals surface area contributed by atoms with Crippen molar-refractivity contribution in [2.45, 2.75) is 38.5 Å². The van der Waals surface area contributed by atoms with E-state index in [9.17, 15) is 4.79 Å². The van der Waals surface area contributed by atoms with Crippen molar-refractivity contribution < 1.29 is 19.5 Å². The van der Waals surface area contributed by atoms with Crippen LogP contribution < -0.4 is 15.0 Å². The van der Waals surface area contributed by atoms with Gasteiger partial charge in [-0.25, -0.2) is 10.5 Å². The molecule has 3 rings (SSSR count). The molecule has 2 N–H and O–H groups in total. The molecule has 2 aromatic carbocycles. The summed E-state index contributed by atoms with van der Waals surface area (Å²) < 4.78 is 12.6. The average Bonchev–Trinajstić information content (AvgIpc) is 3.19. The van der Waals surface area contributed by atoms with E-state index in [-0.39, 0.29) is 5.91 Å². The van der Waals surface area contributed by atoms with E-state index < -0.39 is 0 Å². The molecular weight excluding hydrogens is 388 g/mol. The van der Waals surface area contributed by atoms with Crippen LogP contribution >= 0.6 is 11.3 Å². The predicted molar refractivity (Wildman–Crippen MR) is 115 cm³/mol. The lowest BCUT2D eigenvalue weighted by Crippen LogP contribution is -2.17. The summed E-state index contributed by atoms with van der Waals surface area (Å²) in [7, 11) is 1.64. The molecule has 1 aromatic heterocycles. The molecule has 154 valence electrons. The quantitative estimate of drug-likeness (QED) is 0.256. The first-order valence-corrected chi connectivity index (χ1v) is 10.6. The van der Waals surface area contributed by atoms with Crippen LogP contribution in [0.5, 0.6) is 11.5 Å². The topological polar surface area (TPSA) is 80.7 Å². The number of nitrogens with zero attached hydrogens (tertiary/aromatic N) is 1. The molecule has 0 fully saturated rings. The Bertz CT molecular complexity index is 908. The third-order valence-corrected chi connectivity index (χ3v) is 5.72. The standard InChI is InChI=1S/C22H26N2O4S/c1-27-18-13-12-16(22-23-17-9-6-7-10-20(17)29-22)15-19(18)28-14-8-4-2-3-5-11-21(25)24-26/h6-7,9-10,12-13,15,26H,2-5,8,11,14H2,1H3,(H,24,25). The molecule has 0 spiro atoms. The molecule has 0 saturated heterocycles. The van der Waals surface area contributed by atoms with Crippen molar-refractivity contribution in [2.24, 2.45) is 0 Å². The Morgan fingerprint density at radius 1 is 1.07 bits per heavy atom. The predicted octanol–water partition coefficient (Wildman–Crippen LogP) is 5.20. The second kappa shape index (κ2) is 10.8. The fourth-order valence-corrected chi connectivity index (χ4v) is 4.04. The van der Waals surface area contributed by atoms with Crippen LogP contribution in [0.25, 0.3) is 20.8 Å². The molecule has 0 aliphatic rings. The summed E-state index contributed by atoms with van der Waals surface area (Å²) in [6.07, 6.45) is 5.10. The average molecular weight is 415 g/mol. The van der Waals surface area contributed by atoms with Gasteiger partial charge >= 0.3 is 0 Å². The fraction of sp³-hybridized carbons (Fsp3) is 0.364. The van der Waals surface area contributed by atoms with Crippen LogP contribution in [0, 0.1) is 0 Å². The Labute approximate surface area is 174 Å². The Balaban J connectivity index is 1.52. The van der Waals surface area contributed by atoms with Gasteiger partial charge in [-0.3, -0.25) is 10.0 Å². The van der Waals surface area contributed by atoms with Crippen LogP contribution in [0.4, 0.5) is 0 Å². The highest BCUT2D eigenvalue weighted by Gasteiger charge is 2.11. The molecule has 0 atom stereocenters. The summed E-state index contributed by atoms with van der Waals surface area (Å²) in [6.45, 7) is 0.608. The van der Waals surface area contributed by atoms with Crippen LogP contribution in [0.2, 0.25) is 0 Å². The number of aromatic nitrogens is 1. The lowest BCUT2D eigenvalue weighted by Gasteiger charge is -2.11. The van der Waals surface area contributed by atoms with Gasteiger partial charge in [0.2, 0.25) is 5.91 Å². The fourth-order valence-electron chi connectivity index (χ4n) is 3.07. The molecular formula is C22H26N2O4S. The molecule has 7 heteroatoms. The van der Waals surface area contributed by atoms with Crippen molar-refractivity contribution in [1.29, 1.82) is 0 Å². The largest absolute Gasteiger partial charge is 0.493 e. The summed E-state index contributed by atoms with van der Waals surface area (Å²) in [5.41, 5.74) is 3.67. The van der Waals surface area contributed by atoms with Gasteiger partial charge in [0.25, 0.3) is 0 Å². The van der Waals surface area contributed by atoms with Crippen LogP contribution in [0.3, 0.4) is 0 Å². The maximum Gasteiger partial charge on any atom is 0.243 e. The minimum absolute atomic E-state index is 0.326. The van der Waals surface area contributed by atoms with Crippen LogP contribution in [-0.4, -0.2) is 29.8 Å². The third-order valence-electron chi connectivity index (χ3n) is 4.63. The van der Waals surface area contributed by atoms with E-state index in [0.717, 1.165) is 58.6 Å². The number of benzene rings is 2. The number of nitrogens with one attached hydrogen (secondary N) is 1. The molecule has 0 bridgehead atoms. The second-order valence-corrected chi connectivity index (χ2v) is 7.78. The molecule has 0 unspecified atom stereocenters. The second-order valence-electron chi connectivity index (χ2n) is 6.75. The number of hydroxylamine groups is 1. The van der Waals surface area contributed by atoms with Gasteiger partial charge in [0.05, 0.1) is 23.9 Å². The summed E-state index contributed by atoms with van der Waals surface area (Å²) in [5.74, 6) is 1.11. The highest BCUT2D eigenvalue weighted by molar-refractivity contribution is 7.21. The zero-order valence-corrected chi connectivity index (χ0v) is 17.3. The van der Waals surface area contributed by atoms with E-state index in [2.05, 4.69) is 6.07 Å². The van der Waals surface area contributed by atoms with Crippen LogP contribution in [-0.2, 0) is 4.79 Å². The van der Waals surface area contributed by atoms with Gasteiger partial charge in [0.15, 0.2) is 11.5 Å². The van der Waals surface area contributed by atoms with Crippen molar-refractivity contribution in [1.82, 2.24) is 10.5 Å². The number of para-hydroxylation sites is 1. The summed E-state index contributed by atoms with van der Waals surface area (Å²) in [5, 5.41) is 9.42. The number of hydrogen-bond donors (Lipinski definition) is 2. The maximum atomic E-state index is 10.9. The van der Waals surface area contributed by atoms with E-state index in [1.165, 1.54) is 0 Å². The van der Waals surface area contributed by atoms with E-state index in [1.54, 1.807) is 23.9 Å². The van der Waals surface area contributed by atoms with Crippen LogP contribution in [0.1, 0.15) is 38.5 Å². The minimum atomic E-state index is -0.326. The molecule has 0 saturated carbocycles. The van der Waals surface area contributed by atoms with Crippen molar-refractivity contribution >= 4 is 27.5 Å². The summed E-state index contributed by atoms with van der Waals surface area (Å²) in [6, 6.07) is 14.0. The first-order chi connectivity index (χ1) is 14.2. The van der Waals surface area contributed by atoms with Gasteiger partial charge in [-0.05, 0) is 43.2 Å². The van der Waals surface area contributed by atoms with Crippen LogP contribution in [0.15, 0.2) is 42.5 Å². The number of rotatable bonds is 11. The Morgan fingerprint density at radius 2 is 1.86 bits per heavy atom. The minimum Gasteiger partial charge on any atom is -0.493 e. The lowest BCUT2D eigenvalue weighted by molar-refractivity contribution is -0.129. The Morgan fingerprint density at radius 3 is 2.66 bits per heavy atom. The number of thiazole rings is 1. The zero-order valence-electron chi connectivity index (χ0n) is 16.5. The summed E-state index contributed by atoms with van der Waals surface area (Å²) in [4.78, 5) is 15.7. The zero-order chi connectivity index (χ0) is 20.5. The van der Waals surface area contributed by atoms with Crippen molar-refractivity contribution in [2.75, 3.05) is 13.7 Å². The first kappa shape index (κ1) is 21.1. The Hall–Kier alpha value is -2.64. The highest BCUT2D eigenvalue weighted by atomic mass is 32.1. The first-order valence-electron chi connectivity index (χ1n) is 9.81. The van der Waals surface area contributed by atoms with Gasteiger partial charge in [0.1, 0.15) is 5.01 Å². The highest BCUT2D eigenvalue weighted by Crippen LogP contribution is 2.36. The monoisotopic (exact) mass is 414 g/mol. The molecule has 1 heterocycles. The molecule has 3 aromatic rings. The van der Waals surface area contributed by atoms with Gasteiger partial charge in [-0.1, -0.05) is 31.4 Å². The number of fused-ring (bicyclic) bond motifs is 1. The van der Waals surface area contributed by atoms with E-state index in [4.69, 9.17) is 19.7 Å². The number of amides is 1. The molecule has 6 nitrogen and oxygen atoms in total. The normalized spacial score (nSPS) is 10.8. The smallest absolute Gasteiger partial charge is 0.243 e. The molecule has 29 heavy (non-hydrogen) atoms. The molecule has 0 radical (unpaired) electrons. The van der Waals surface area contributed by atoms with E-state index in [1.807, 2.05) is 36.4 Å². The van der Waals surface area contributed by atoms with Gasteiger partial charge < -0.3 is 9.47 Å². The number of unbranched alkanes of at least 4 members (excludes halogenated alkanes) is 4. The van der Waals surface area contributed by atoms with Gasteiger partial charge in [0, 0.05) is 12.0 Å². The number of methoxy groups -OCH3 is 1. The third kappa shape index (κ3) is 5.92. The maximum absolute atomic E-state index is 10.9. The van der Waals surface area contributed by atoms with Crippen molar-refractivity contribution in [3.05, 3.63) is 42.5 Å². The SMILES string of the molecule is COc1ccc(-c2nc3ccccc3s2)cc1OCCCCCCCC(=O)NO. The molecule has 0 aliphatic heterocycles. The van der Waals surface area contributed by atoms with Crippen molar-refractivity contribution in [3.8, 4) is 22.1 Å². The van der Waals surface area contributed by atoms with E-state index >= 15 is 0 Å². The summed E-state index contributed by atoms with van der Waals surface area (Å²) >= 11 is 1.66. The van der Waals surface area contributed by atoms with Gasteiger partial charge in [-0.2, -0.15) is 0 Å². The van der Waals surface area contributed by atoms with E-state index in [0.29, 0.717) is 18.8 Å². The molecule has 0 aliphatic carbocycles. The van der Waals surface area contributed by atoms with Gasteiger partial charge in [-0.15, -0.1) is 11.3 Å². The number of ether oxygens (including phenoxy) is 2. The number of carbonyl (C=O) groups is 1. The number of carbonyl (C=O) groups excluding carboxylic acids is 1. The Kier molecular flexibility index (Phi) is 7.84.